The van der Waals surface area contributed by atoms with Gasteiger partial charge in [-0.25, -0.2) is 4.68 Å². The van der Waals surface area contributed by atoms with Crippen LogP contribution in [0, 0.1) is 6.92 Å². The third-order valence-electron chi connectivity index (χ3n) is 6.97. The summed E-state index contributed by atoms with van der Waals surface area (Å²) in [5.74, 6) is 0.688. The van der Waals surface area contributed by atoms with Gasteiger partial charge in [0, 0.05) is 38.1 Å². The van der Waals surface area contributed by atoms with Crippen molar-refractivity contribution < 1.29 is 18.0 Å². The Labute approximate surface area is 207 Å². The van der Waals surface area contributed by atoms with E-state index in [2.05, 4.69) is 10.4 Å². The Bertz CT molecular complexity index is 1370. The third-order valence-corrected chi connectivity index (χ3v) is 6.97. The van der Waals surface area contributed by atoms with E-state index in [1.807, 2.05) is 24.0 Å². The number of piperidine rings is 1. The summed E-state index contributed by atoms with van der Waals surface area (Å²) in [6.07, 6.45) is -2.89. The molecule has 2 aromatic carbocycles. The van der Waals surface area contributed by atoms with Crippen LogP contribution in [0.1, 0.15) is 60.9 Å². The topological polar surface area (TPSA) is 93.2 Å². The second-order valence-electron chi connectivity index (χ2n) is 9.56. The number of nitrogens with one attached hydrogen (secondary N) is 1. The highest BCUT2D eigenvalue weighted by Gasteiger charge is 2.31. The van der Waals surface area contributed by atoms with Crippen molar-refractivity contribution in [1.82, 2.24) is 14.7 Å². The van der Waals surface area contributed by atoms with Crippen molar-refractivity contribution in [3.63, 3.8) is 0 Å². The number of aromatic nitrogens is 2. The first kappa shape index (κ1) is 25.5. The second-order valence-corrected chi connectivity index (χ2v) is 9.56. The van der Waals surface area contributed by atoms with Crippen LogP contribution >= 0.6 is 0 Å². The SMILES string of the molecule is CC(=O)N1CCC(c2cc3c(NC(C)c4cc(N)cc(C(F)(F)F)c4)nn(C)c(=O)c3cc2C)CC1. The van der Waals surface area contributed by atoms with E-state index in [9.17, 15) is 22.8 Å². The van der Waals surface area contributed by atoms with Crippen LogP contribution in [0.5, 0.6) is 0 Å². The lowest BCUT2D eigenvalue weighted by Gasteiger charge is -2.32. The Morgan fingerprint density at radius 3 is 2.42 bits per heavy atom. The van der Waals surface area contributed by atoms with Gasteiger partial charge in [-0.3, -0.25) is 9.59 Å². The summed E-state index contributed by atoms with van der Waals surface area (Å²) < 4.78 is 41.2. The van der Waals surface area contributed by atoms with E-state index in [-0.39, 0.29) is 23.1 Å². The van der Waals surface area contributed by atoms with Crippen LogP contribution < -0.4 is 16.6 Å². The van der Waals surface area contributed by atoms with Gasteiger partial charge in [-0.1, -0.05) is 0 Å². The molecule has 1 aliphatic rings. The molecule has 1 amide bonds. The van der Waals surface area contributed by atoms with Gasteiger partial charge in [0.1, 0.15) is 0 Å². The lowest BCUT2D eigenvalue weighted by molar-refractivity contribution is -0.137. The van der Waals surface area contributed by atoms with Gasteiger partial charge in [-0.15, -0.1) is 0 Å². The van der Waals surface area contributed by atoms with Gasteiger partial charge >= 0.3 is 6.18 Å². The number of carbonyl (C=O) groups excluding carboxylic acids is 1. The predicted molar refractivity (Wildman–Crippen MR) is 134 cm³/mol. The zero-order valence-corrected chi connectivity index (χ0v) is 20.7. The quantitative estimate of drug-likeness (QED) is 0.504. The van der Waals surface area contributed by atoms with Crippen LogP contribution in [-0.4, -0.2) is 33.7 Å². The molecule has 1 fully saturated rings. The highest BCUT2D eigenvalue weighted by molar-refractivity contribution is 5.92. The molecule has 7 nitrogen and oxygen atoms in total. The minimum Gasteiger partial charge on any atom is -0.399 e. The average molecular weight is 502 g/mol. The molecule has 1 atom stereocenters. The number of fused-ring (bicyclic) bond motifs is 1. The summed E-state index contributed by atoms with van der Waals surface area (Å²) in [6, 6.07) is 6.72. The molecule has 1 aliphatic heterocycles. The maximum atomic E-state index is 13.3. The van der Waals surface area contributed by atoms with Gasteiger partial charge in [-0.05, 0) is 79.6 Å². The monoisotopic (exact) mass is 501 g/mol. The Balaban J connectivity index is 1.73. The van der Waals surface area contributed by atoms with Crippen LogP contribution in [0.3, 0.4) is 0 Å². The molecule has 3 N–H and O–H groups in total. The Hall–Kier alpha value is -3.56. The standard InChI is InChI=1S/C26H30F3N5O2/c1-14-9-23-22(13-21(14)17-5-7-34(8-6-17)16(3)35)24(32-33(4)25(23)36)31-15(2)18-10-19(26(27,28)29)12-20(30)11-18/h9-13,15,17H,5-8,30H2,1-4H3,(H,31,32). The van der Waals surface area contributed by atoms with Crippen molar-refractivity contribution in [3.8, 4) is 0 Å². The predicted octanol–water partition coefficient (Wildman–Crippen LogP) is 4.74. The molecule has 1 saturated heterocycles. The van der Waals surface area contributed by atoms with Crippen LogP contribution in [0.25, 0.3) is 10.8 Å². The van der Waals surface area contributed by atoms with E-state index in [0.717, 1.165) is 36.1 Å². The Kier molecular flexibility index (Phi) is 6.72. The molecular formula is C26H30F3N5O2. The third kappa shape index (κ3) is 5.03. The molecule has 0 spiro atoms. The van der Waals surface area contributed by atoms with E-state index >= 15 is 0 Å². The van der Waals surface area contributed by atoms with Crippen LogP contribution in [0.15, 0.2) is 35.1 Å². The summed E-state index contributed by atoms with van der Waals surface area (Å²) in [4.78, 5) is 26.4. The molecule has 0 bridgehead atoms. The number of rotatable bonds is 4. The van der Waals surface area contributed by atoms with Crippen LogP contribution in [-0.2, 0) is 18.0 Å². The average Bonchev–Trinajstić information content (AvgIpc) is 2.81. The lowest BCUT2D eigenvalue weighted by Crippen LogP contribution is -2.36. The van der Waals surface area contributed by atoms with Gasteiger partial charge in [0.25, 0.3) is 5.56 Å². The molecule has 4 rings (SSSR count). The molecule has 192 valence electrons. The number of nitrogens with two attached hydrogens (primary N) is 1. The molecule has 36 heavy (non-hydrogen) atoms. The number of likely N-dealkylation sites (tertiary alicyclic amines) is 1. The Morgan fingerprint density at radius 1 is 1.14 bits per heavy atom. The maximum absolute atomic E-state index is 13.3. The number of aryl methyl sites for hydroxylation is 2. The van der Waals surface area contributed by atoms with Crippen molar-refractivity contribution in [2.75, 3.05) is 24.1 Å². The number of nitrogen functional groups attached to an aromatic ring is 1. The number of halogens is 3. The fourth-order valence-corrected chi connectivity index (χ4v) is 4.95. The van der Waals surface area contributed by atoms with Crippen molar-refractivity contribution >= 4 is 28.2 Å². The summed E-state index contributed by atoms with van der Waals surface area (Å²) in [6.45, 7) is 6.60. The fraction of sp³-hybridized carbons (Fsp3) is 0.423. The number of alkyl halides is 3. The van der Waals surface area contributed by atoms with Gasteiger partial charge < -0.3 is 16.0 Å². The first-order chi connectivity index (χ1) is 16.8. The van der Waals surface area contributed by atoms with Crippen molar-refractivity contribution in [2.45, 2.75) is 51.7 Å². The highest BCUT2D eigenvalue weighted by atomic mass is 19.4. The maximum Gasteiger partial charge on any atom is 0.416 e. The fourth-order valence-electron chi connectivity index (χ4n) is 4.95. The van der Waals surface area contributed by atoms with Gasteiger partial charge in [0.05, 0.1) is 17.0 Å². The number of amides is 1. The first-order valence-corrected chi connectivity index (χ1v) is 11.9. The smallest absolute Gasteiger partial charge is 0.399 e. The number of carbonyl (C=O) groups is 1. The van der Waals surface area contributed by atoms with Gasteiger partial charge in [0.15, 0.2) is 5.82 Å². The summed E-state index contributed by atoms with van der Waals surface area (Å²) in [5.41, 5.74) is 7.12. The number of nitrogens with zero attached hydrogens (tertiary/aromatic N) is 3. The highest BCUT2D eigenvalue weighted by Crippen LogP contribution is 2.36. The van der Waals surface area contributed by atoms with Crippen LogP contribution in [0.2, 0.25) is 0 Å². The van der Waals surface area contributed by atoms with Crippen LogP contribution in [0.4, 0.5) is 24.7 Å². The molecule has 1 unspecified atom stereocenters. The number of hydrogen-bond acceptors (Lipinski definition) is 5. The Morgan fingerprint density at radius 2 is 1.81 bits per heavy atom. The van der Waals surface area contributed by atoms with Crippen molar-refractivity contribution in [3.05, 3.63) is 62.9 Å². The number of hydrogen-bond donors (Lipinski definition) is 2. The second kappa shape index (κ2) is 9.48. The molecule has 10 heteroatoms. The zero-order valence-electron chi connectivity index (χ0n) is 20.7. The molecule has 0 radical (unpaired) electrons. The van der Waals surface area contributed by atoms with E-state index < -0.39 is 17.8 Å². The lowest BCUT2D eigenvalue weighted by atomic mass is 9.85. The molecular weight excluding hydrogens is 471 g/mol. The van der Waals surface area contributed by atoms with E-state index in [1.165, 1.54) is 10.7 Å². The summed E-state index contributed by atoms with van der Waals surface area (Å²) in [7, 11) is 1.54. The van der Waals surface area contributed by atoms with E-state index in [1.54, 1.807) is 20.9 Å². The van der Waals surface area contributed by atoms with Gasteiger partial charge in [0.2, 0.25) is 5.91 Å². The molecule has 2 heterocycles. The van der Waals surface area contributed by atoms with Gasteiger partial charge in [-0.2, -0.15) is 18.3 Å². The van der Waals surface area contributed by atoms with E-state index in [0.29, 0.717) is 35.2 Å². The molecule has 3 aromatic rings. The van der Waals surface area contributed by atoms with Crippen molar-refractivity contribution in [1.29, 1.82) is 0 Å². The molecule has 1 aromatic heterocycles. The normalized spacial score (nSPS) is 15.8. The van der Waals surface area contributed by atoms with Crippen molar-refractivity contribution in [2.24, 2.45) is 7.05 Å². The minimum absolute atomic E-state index is 0.0153. The first-order valence-electron chi connectivity index (χ1n) is 11.9. The minimum atomic E-state index is -4.52. The summed E-state index contributed by atoms with van der Waals surface area (Å²) >= 11 is 0. The number of benzene rings is 2. The largest absolute Gasteiger partial charge is 0.416 e. The zero-order chi connectivity index (χ0) is 26.4. The van der Waals surface area contributed by atoms with E-state index in [4.69, 9.17) is 5.73 Å². The summed E-state index contributed by atoms with van der Waals surface area (Å²) in [5, 5.41) is 8.69. The molecule has 0 aliphatic carbocycles. The molecule has 0 saturated carbocycles. The number of anilines is 2.